The van der Waals surface area contributed by atoms with E-state index in [1.807, 2.05) is 0 Å². The zero-order valence-corrected chi connectivity index (χ0v) is 12.2. The maximum Gasteiger partial charge on any atom is 0.416 e. The van der Waals surface area contributed by atoms with E-state index in [0.29, 0.717) is 32.2 Å². The molecule has 0 atom stereocenters. The monoisotopic (exact) mass is 318 g/mol. The summed E-state index contributed by atoms with van der Waals surface area (Å²) >= 11 is 0. The van der Waals surface area contributed by atoms with E-state index >= 15 is 0 Å². The Balaban J connectivity index is 1.59. The Hall–Kier alpha value is -2.71. The number of ketones is 1. The topological polar surface area (TPSA) is 111 Å². The van der Waals surface area contributed by atoms with Crippen LogP contribution in [0.25, 0.3) is 0 Å². The number of hydrogen-bond acceptors (Lipinski definition) is 7. The Labute approximate surface area is 131 Å². The minimum Gasteiger partial charge on any atom is -0.465 e. The number of nitrogens with one attached hydrogen (secondary N) is 1. The number of Topliss-reactive ketones (excluding diaryl/α,β-unsaturated/α-hetero) is 1. The van der Waals surface area contributed by atoms with Crippen LogP contribution in [0.3, 0.4) is 0 Å². The van der Waals surface area contributed by atoms with Crippen LogP contribution in [0.15, 0.2) is 6.20 Å². The number of nitrogens with zero attached hydrogens (tertiary/aromatic N) is 3. The third-order valence-corrected chi connectivity index (χ3v) is 4.29. The molecule has 0 bridgehead atoms. The predicted octanol–water partition coefficient (Wildman–Crippen LogP) is 0.646. The summed E-state index contributed by atoms with van der Waals surface area (Å²) in [5.41, 5.74) is -0.637. The number of aromatic nitrogens is 2. The molecule has 4 rings (SSSR count). The molecule has 1 aromatic heterocycles. The Morgan fingerprint density at radius 3 is 2.78 bits per heavy atom. The van der Waals surface area contributed by atoms with E-state index in [-0.39, 0.29) is 35.8 Å². The van der Waals surface area contributed by atoms with Crippen LogP contribution in [0.4, 0.5) is 16.4 Å². The van der Waals surface area contributed by atoms with E-state index in [2.05, 4.69) is 15.3 Å². The van der Waals surface area contributed by atoms with Crippen molar-refractivity contribution in [3.8, 4) is 5.88 Å². The average molecular weight is 318 g/mol. The van der Waals surface area contributed by atoms with Crippen molar-refractivity contribution in [1.29, 1.82) is 0 Å². The molecular weight excluding hydrogens is 304 g/mol. The summed E-state index contributed by atoms with van der Waals surface area (Å²) in [7, 11) is 0. The molecule has 0 aromatic carbocycles. The van der Waals surface area contributed by atoms with Crippen LogP contribution in [0.1, 0.15) is 25.7 Å². The summed E-state index contributed by atoms with van der Waals surface area (Å²) < 4.78 is 10.7. The van der Waals surface area contributed by atoms with Gasteiger partial charge in [0.05, 0.1) is 12.7 Å². The van der Waals surface area contributed by atoms with Crippen molar-refractivity contribution < 1.29 is 23.9 Å². The average Bonchev–Trinajstić information content (AvgIpc) is 2.86. The van der Waals surface area contributed by atoms with Crippen molar-refractivity contribution in [3.63, 3.8) is 0 Å². The minimum absolute atomic E-state index is 0.107. The largest absolute Gasteiger partial charge is 0.465 e. The third-order valence-electron chi connectivity index (χ3n) is 4.29. The van der Waals surface area contributed by atoms with E-state index in [9.17, 15) is 14.4 Å². The van der Waals surface area contributed by atoms with E-state index in [0.717, 1.165) is 0 Å². The van der Waals surface area contributed by atoms with Crippen molar-refractivity contribution in [2.45, 2.75) is 31.3 Å². The standard InChI is InChI=1S/C14H14N4O5/c19-8-1-3-14(4-2-8)7-18(13(21)23-14)9-5-15-12-11(16-9)17-10(20)6-22-12/h5H,1-4,6-7H2,(H,16,17,20). The Bertz CT molecular complexity index is 709. The van der Waals surface area contributed by atoms with Gasteiger partial charge in [-0.2, -0.15) is 0 Å². The van der Waals surface area contributed by atoms with Crippen LogP contribution >= 0.6 is 0 Å². The Morgan fingerprint density at radius 1 is 1.22 bits per heavy atom. The molecule has 1 aromatic rings. The highest BCUT2D eigenvalue weighted by atomic mass is 16.6. The van der Waals surface area contributed by atoms with E-state index in [4.69, 9.17) is 9.47 Å². The van der Waals surface area contributed by atoms with Gasteiger partial charge >= 0.3 is 6.09 Å². The van der Waals surface area contributed by atoms with Gasteiger partial charge in [-0.1, -0.05) is 0 Å². The number of ether oxygens (including phenoxy) is 2. The second kappa shape index (κ2) is 4.90. The molecule has 1 aliphatic carbocycles. The lowest BCUT2D eigenvalue weighted by Crippen LogP contribution is -2.39. The molecule has 1 N–H and O–H groups in total. The lowest BCUT2D eigenvalue weighted by Gasteiger charge is -2.29. The number of carbonyl (C=O) groups is 3. The van der Waals surface area contributed by atoms with Crippen molar-refractivity contribution in [3.05, 3.63) is 6.20 Å². The molecule has 120 valence electrons. The summed E-state index contributed by atoms with van der Waals surface area (Å²) in [5.74, 6) is 0.562. The summed E-state index contributed by atoms with van der Waals surface area (Å²) in [6.45, 7) is 0.214. The van der Waals surface area contributed by atoms with Gasteiger partial charge < -0.3 is 14.8 Å². The zero-order valence-electron chi connectivity index (χ0n) is 12.2. The first-order valence-electron chi connectivity index (χ1n) is 7.37. The maximum absolute atomic E-state index is 12.2. The Morgan fingerprint density at radius 2 is 2.00 bits per heavy atom. The molecule has 1 saturated carbocycles. The number of rotatable bonds is 1. The molecule has 3 heterocycles. The first-order valence-corrected chi connectivity index (χ1v) is 7.37. The second-order valence-electron chi connectivity index (χ2n) is 5.89. The number of amides is 2. The van der Waals surface area contributed by atoms with E-state index in [1.165, 1.54) is 11.1 Å². The molecule has 23 heavy (non-hydrogen) atoms. The number of anilines is 2. The van der Waals surface area contributed by atoms with Gasteiger partial charge in [-0.15, -0.1) is 0 Å². The second-order valence-corrected chi connectivity index (χ2v) is 5.89. The fourth-order valence-corrected chi connectivity index (χ4v) is 3.03. The molecule has 0 radical (unpaired) electrons. The Kier molecular flexibility index (Phi) is 2.97. The third kappa shape index (κ3) is 2.37. The molecule has 1 saturated heterocycles. The highest BCUT2D eigenvalue weighted by Gasteiger charge is 2.48. The maximum atomic E-state index is 12.2. The molecule has 9 nitrogen and oxygen atoms in total. The fraction of sp³-hybridized carbons (Fsp3) is 0.500. The van der Waals surface area contributed by atoms with Gasteiger partial charge in [0.15, 0.2) is 18.2 Å². The SMILES string of the molecule is O=C1CCC2(CC1)CN(c1cnc3c(n1)NC(=O)CO3)C(=O)O2. The van der Waals surface area contributed by atoms with E-state index in [1.54, 1.807) is 0 Å². The highest BCUT2D eigenvalue weighted by molar-refractivity contribution is 5.95. The molecule has 2 aliphatic heterocycles. The number of hydrogen-bond donors (Lipinski definition) is 1. The van der Waals surface area contributed by atoms with Crippen LogP contribution in [0.2, 0.25) is 0 Å². The first kappa shape index (κ1) is 13.9. The molecule has 1 spiro atoms. The lowest BCUT2D eigenvalue weighted by molar-refractivity contribution is -0.124. The van der Waals surface area contributed by atoms with Crippen molar-refractivity contribution in [2.75, 3.05) is 23.4 Å². The molecule has 2 fully saturated rings. The van der Waals surface area contributed by atoms with Crippen LogP contribution in [-0.4, -0.2) is 46.5 Å². The van der Waals surface area contributed by atoms with Gasteiger partial charge in [-0.05, 0) is 12.8 Å². The van der Waals surface area contributed by atoms with Crippen molar-refractivity contribution >= 4 is 29.4 Å². The van der Waals surface area contributed by atoms with Gasteiger partial charge in [0, 0.05) is 12.8 Å². The highest BCUT2D eigenvalue weighted by Crippen LogP contribution is 2.38. The minimum atomic E-state index is -0.637. The zero-order chi connectivity index (χ0) is 16.0. The van der Waals surface area contributed by atoms with Gasteiger partial charge in [0.25, 0.3) is 11.8 Å². The summed E-state index contributed by atoms with van der Waals surface area (Å²) in [5, 5.41) is 2.55. The van der Waals surface area contributed by atoms with Crippen molar-refractivity contribution in [2.24, 2.45) is 0 Å². The van der Waals surface area contributed by atoms with Crippen LogP contribution < -0.4 is 15.0 Å². The lowest BCUT2D eigenvalue weighted by atomic mass is 9.84. The van der Waals surface area contributed by atoms with Gasteiger partial charge in [0.2, 0.25) is 0 Å². The molecule has 9 heteroatoms. The van der Waals surface area contributed by atoms with Crippen molar-refractivity contribution in [1.82, 2.24) is 9.97 Å². The van der Waals surface area contributed by atoms with Crippen LogP contribution in [0, 0.1) is 0 Å². The number of fused-ring (bicyclic) bond motifs is 1. The summed E-state index contributed by atoms with van der Waals surface area (Å²) in [4.78, 5) is 44.6. The van der Waals surface area contributed by atoms with Gasteiger partial charge in [0.1, 0.15) is 11.4 Å². The predicted molar refractivity (Wildman–Crippen MR) is 76.2 cm³/mol. The first-order chi connectivity index (χ1) is 11.0. The quantitative estimate of drug-likeness (QED) is 0.809. The normalized spacial score (nSPS) is 22.4. The number of carbonyl (C=O) groups excluding carboxylic acids is 3. The van der Waals surface area contributed by atoms with Gasteiger partial charge in [-0.25, -0.2) is 14.8 Å². The van der Waals surface area contributed by atoms with Gasteiger partial charge in [-0.3, -0.25) is 14.5 Å². The fourth-order valence-electron chi connectivity index (χ4n) is 3.03. The van der Waals surface area contributed by atoms with Crippen LogP contribution in [-0.2, 0) is 14.3 Å². The molecular formula is C14H14N4O5. The molecule has 3 aliphatic rings. The summed E-state index contributed by atoms with van der Waals surface area (Å²) in [6, 6.07) is 0. The van der Waals surface area contributed by atoms with Crippen LogP contribution in [0.5, 0.6) is 5.88 Å². The molecule has 2 amide bonds. The molecule has 0 unspecified atom stereocenters. The summed E-state index contributed by atoms with van der Waals surface area (Å²) in [6.07, 6.45) is 2.77. The smallest absolute Gasteiger partial charge is 0.416 e. The van der Waals surface area contributed by atoms with E-state index < -0.39 is 11.7 Å².